The molecule has 9 nitrogen and oxygen atoms in total. The van der Waals surface area contributed by atoms with Crippen LogP contribution >= 0.6 is 0 Å². The zero-order valence-electron chi connectivity index (χ0n) is 18.5. The van der Waals surface area contributed by atoms with Crippen LogP contribution in [-0.2, 0) is 13.0 Å². The predicted octanol–water partition coefficient (Wildman–Crippen LogP) is 3.30. The third-order valence-corrected chi connectivity index (χ3v) is 5.53. The number of rotatable bonds is 8. The summed E-state index contributed by atoms with van der Waals surface area (Å²) >= 11 is 0. The molecule has 9 heteroatoms. The van der Waals surface area contributed by atoms with Gasteiger partial charge in [0.05, 0.1) is 0 Å². The van der Waals surface area contributed by atoms with Gasteiger partial charge in [-0.2, -0.15) is 4.98 Å². The number of nitrogens with zero attached hydrogens (tertiary/aromatic N) is 3. The van der Waals surface area contributed by atoms with E-state index in [1.165, 1.54) is 17.3 Å². The van der Waals surface area contributed by atoms with Crippen molar-refractivity contribution in [2.45, 2.75) is 38.8 Å². The fourth-order valence-electron chi connectivity index (χ4n) is 3.69. The molecule has 2 aromatic heterocycles. The molecule has 1 aromatic carbocycles. The van der Waals surface area contributed by atoms with Crippen LogP contribution in [0.15, 0.2) is 42.7 Å². The molecule has 3 heterocycles. The minimum Gasteiger partial charge on any atom is -0.474 e. The lowest BCUT2D eigenvalue weighted by atomic mass is 10.0. The molecule has 33 heavy (non-hydrogen) atoms. The second kappa shape index (κ2) is 9.41. The molecule has 0 saturated heterocycles. The zero-order valence-corrected chi connectivity index (χ0v) is 18.5. The van der Waals surface area contributed by atoms with E-state index in [-0.39, 0.29) is 12.0 Å². The molecule has 1 fully saturated rings. The number of amides is 1. The van der Waals surface area contributed by atoms with Crippen molar-refractivity contribution in [3.8, 4) is 5.88 Å². The number of ether oxygens (including phenoxy) is 1. The van der Waals surface area contributed by atoms with E-state index < -0.39 is 0 Å². The van der Waals surface area contributed by atoms with Crippen LogP contribution in [0.5, 0.6) is 5.88 Å². The number of pyridine rings is 1. The fourth-order valence-corrected chi connectivity index (χ4v) is 3.69. The molecule has 0 radical (unpaired) electrons. The highest BCUT2D eigenvalue weighted by Crippen LogP contribution is 2.28. The summed E-state index contributed by atoms with van der Waals surface area (Å²) in [6.07, 6.45) is 6.56. The molecule has 1 aliphatic heterocycles. The van der Waals surface area contributed by atoms with E-state index in [1.807, 2.05) is 25.1 Å². The molecule has 0 bridgehead atoms. The third kappa shape index (κ3) is 5.20. The standard InChI is InChI=1S/C24H27N7O2/c1-2-26-23(32)20-14-28-24(30-17-4-3-16-13-25-9-7-15(16)11-17)31-22(20)29-18-8-10-27-21(12-18)33-19-5-6-19/h3-4,8,10-12,14,19,25H,2,5-7,9,13H2,1H3,(H,26,32)(H2,27,28,29,30,31). The van der Waals surface area contributed by atoms with Gasteiger partial charge in [0, 0.05) is 42.9 Å². The fraction of sp³-hybridized carbons (Fsp3) is 0.333. The summed E-state index contributed by atoms with van der Waals surface area (Å²) in [4.78, 5) is 25.9. The molecule has 3 aromatic rings. The number of benzene rings is 1. The van der Waals surface area contributed by atoms with Gasteiger partial charge in [-0.1, -0.05) is 6.07 Å². The van der Waals surface area contributed by atoms with Gasteiger partial charge in [0.2, 0.25) is 11.8 Å². The van der Waals surface area contributed by atoms with Crippen molar-refractivity contribution in [2.75, 3.05) is 23.7 Å². The molecule has 0 unspecified atom stereocenters. The summed E-state index contributed by atoms with van der Waals surface area (Å²) in [5.74, 6) is 1.13. The molecule has 1 saturated carbocycles. The molecule has 4 N–H and O–H groups in total. The van der Waals surface area contributed by atoms with Gasteiger partial charge in [-0.05, 0) is 62.1 Å². The van der Waals surface area contributed by atoms with Crippen molar-refractivity contribution in [3.63, 3.8) is 0 Å². The Morgan fingerprint density at radius 1 is 1.12 bits per heavy atom. The van der Waals surface area contributed by atoms with Crippen LogP contribution in [0.4, 0.5) is 23.1 Å². The maximum absolute atomic E-state index is 12.6. The second-order valence-corrected chi connectivity index (χ2v) is 8.18. The van der Waals surface area contributed by atoms with Crippen LogP contribution in [0.2, 0.25) is 0 Å². The Bertz CT molecular complexity index is 1160. The largest absolute Gasteiger partial charge is 0.474 e. The number of hydrogen-bond acceptors (Lipinski definition) is 8. The maximum Gasteiger partial charge on any atom is 0.256 e. The minimum atomic E-state index is -0.239. The van der Waals surface area contributed by atoms with Crippen molar-refractivity contribution in [2.24, 2.45) is 0 Å². The smallest absolute Gasteiger partial charge is 0.256 e. The van der Waals surface area contributed by atoms with Crippen LogP contribution in [0.1, 0.15) is 41.3 Å². The molecule has 0 spiro atoms. The van der Waals surface area contributed by atoms with Gasteiger partial charge in [-0.3, -0.25) is 4.79 Å². The van der Waals surface area contributed by atoms with Crippen molar-refractivity contribution in [1.82, 2.24) is 25.6 Å². The first-order valence-electron chi connectivity index (χ1n) is 11.3. The normalized spacial score (nSPS) is 14.8. The van der Waals surface area contributed by atoms with Gasteiger partial charge in [0.1, 0.15) is 17.5 Å². The Kier molecular flexibility index (Phi) is 6.03. The Labute approximate surface area is 192 Å². The average molecular weight is 446 g/mol. The quantitative estimate of drug-likeness (QED) is 0.418. The van der Waals surface area contributed by atoms with E-state index in [9.17, 15) is 4.79 Å². The van der Waals surface area contributed by atoms with E-state index in [0.717, 1.165) is 43.7 Å². The molecule has 170 valence electrons. The van der Waals surface area contributed by atoms with E-state index in [0.29, 0.717) is 29.8 Å². The molecule has 1 aliphatic carbocycles. The third-order valence-electron chi connectivity index (χ3n) is 5.53. The number of carbonyl (C=O) groups is 1. The summed E-state index contributed by atoms with van der Waals surface area (Å²) in [5.41, 5.74) is 4.63. The number of fused-ring (bicyclic) bond motifs is 1. The van der Waals surface area contributed by atoms with Gasteiger partial charge in [-0.25, -0.2) is 9.97 Å². The highest BCUT2D eigenvalue weighted by atomic mass is 16.5. The minimum absolute atomic E-state index is 0.239. The van der Waals surface area contributed by atoms with Gasteiger partial charge >= 0.3 is 0 Å². The second-order valence-electron chi connectivity index (χ2n) is 8.18. The summed E-state index contributed by atoms with van der Waals surface area (Å²) in [6.45, 7) is 4.25. The molecule has 1 amide bonds. The van der Waals surface area contributed by atoms with Crippen LogP contribution < -0.4 is 26.0 Å². The summed E-state index contributed by atoms with van der Waals surface area (Å²) < 4.78 is 5.79. The Morgan fingerprint density at radius 3 is 2.85 bits per heavy atom. The van der Waals surface area contributed by atoms with Crippen molar-refractivity contribution in [1.29, 1.82) is 0 Å². The van der Waals surface area contributed by atoms with Crippen LogP contribution in [0.3, 0.4) is 0 Å². The number of hydrogen-bond donors (Lipinski definition) is 4. The van der Waals surface area contributed by atoms with E-state index in [1.54, 1.807) is 6.20 Å². The lowest BCUT2D eigenvalue weighted by molar-refractivity contribution is 0.0956. The van der Waals surface area contributed by atoms with E-state index in [2.05, 4.69) is 48.4 Å². The highest BCUT2D eigenvalue weighted by Gasteiger charge is 2.24. The Morgan fingerprint density at radius 2 is 2.00 bits per heavy atom. The van der Waals surface area contributed by atoms with Gasteiger partial charge in [0.25, 0.3) is 5.91 Å². The predicted molar refractivity (Wildman–Crippen MR) is 126 cm³/mol. The lowest BCUT2D eigenvalue weighted by Crippen LogP contribution is -2.24. The van der Waals surface area contributed by atoms with Crippen LogP contribution in [0.25, 0.3) is 0 Å². The first-order chi connectivity index (χ1) is 16.2. The number of anilines is 4. The SMILES string of the molecule is CCNC(=O)c1cnc(Nc2ccc3c(c2)CCNC3)nc1Nc1ccnc(OC2CC2)c1. The van der Waals surface area contributed by atoms with Gasteiger partial charge in [0.15, 0.2) is 0 Å². The Balaban J connectivity index is 1.41. The van der Waals surface area contributed by atoms with Gasteiger partial charge in [-0.15, -0.1) is 0 Å². The van der Waals surface area contributed by atoms with Crippen LogP contribution in [-0.4, -0.2) is 40.1 Å². The lowest BCUT2D eigenvalue weighted by Gasteiger charge is -2.18. The molecule has 0 atom stereocenters. The topological polar surface area (TPSA) is 113 Å². The number of carbonyl (C=O) groups excluding carboxylic acids is 1. The molecule has 5 rings (SSSR count). The van der Waals surface area contributed by atoms with Crippen molar-refractivity contribution < 1.29 is 9.53 Å². The summed E-state index contributed by atoms with van der Waals surface area (Å²) in [5, 5.41) is 12.7. The number of aromatic nitrogens is 3. The van der Waals surface area contributed by atoms with Gasteiger partial charge < -0.3 is 26.0 Å². The van der Waals surface area contributed by atoms with Crippen molar-refractivity contribution in [3.05, 3.63) is 59.4 Å². The summed E-state index contributed by atoms with van der Waals surface area (Å²) in [7, 11) is 0. The monoisotopic (exact) mass is 445 g/mol. The molecule has 2 aliphatic rings. The first-order valence-corrected chi connectivity index (χ1v) is 11.3. The highest BCUT2D eigenvalue weighted by molar-refractivity contribution is 5.99. The summed E-state index contributed by atoms with van der Waals surface area (Å²) in [6, 6.07) is 9.89. The average Bonchev–Trinajstić information content (AvgIpc) is 3.63. The zero-order chi connectivity index (χ0) is 22.6. The first kappa shape index (κ1) is 21.1. The molecular weight excluding hydrogens is 418 g/mol. The van der Waals surface area contributed by atoms with E-state index >= 15 is 0 Å². The van der Waals surface area contributed by atoms with E-state index in [4.69, 9.17) is 4.74 Å². The number of nitrogens with one attached hydrogen (secondary N) is 4. The Hall–Kier alpha value is -3.72. The van der Waals surface area contributed by atoms with Crippen LogP contribution in [0, 0.1) is 0 Å². The van der Waals surface area contributed by atoms with Crippen molar-refractivity contribution >= 4 is 29.0 Å². The maximum atomic E-state index is 12.6. The molecular formula is C24H27N7O2.